The molecule has 0 amide bonds. The molecule has 5 heterocycles. The van der Waals surface area contributed by atoms with Crippen LogP contribution in [-0.2, 0) is 6.54 Å². The predicted octanol–water partition coefficient (Wildman–Crippen LogP) is 5.26. The van der Waals surface area contributed by atoms with Gasteiger partial charge in [-0.3, -0.25) is 9.78 Å². The molecule has 0 radical (unpaired) electrons. The minimum Gasteiger partial charge on any atom is -0.477 e. The Morgan fingerprint density at radius 2 is 1.92 bits per heavy atom. The fraction of sp³-hybridized carbons (Fsp3) is 0.111. The van der Waals surface area contributed by atoms with E-state index in [9.17, 15) is 9.59 Å². The van der Waals surface area contributed by atoms with Crippen LogP contribution in [0.2, 0.25) is 5.02 Å². The number of benzene rings is 2. The van der Waals surface area contributed by atoms with Gasteiger partial charge in [-0.2, -0.15) is 5.10 Å². The number of thiophene rings is 1. The predicted molar refractivity (Wildman–Crippen MR) is 145 cm³/mol. The molecule has 37 heavy (non-hydrogen) atoms. The lowest BCUT2D eigenvalue weighted by molar-refractivity contribution is 0.231. The molecule has 4 aromatic heterocycles. The number of aromatic amines is 1. The molecule has 10 heteroatoms. The highest BCUT2D eigenvalue weighted by molar-refractivity contribution is 7.22. The average Bonchev–Trinajstić information content (AvgIpc) is 3.53. The molecule has 0 fully saturated rings. The number of aryl methyl sites for hydroxylation is 1. The fourth-order valence-electron chi connectivity index (χ4n) is 4.88. The number of hydrogen-bond acceptors (Lipinski definition) is 6. The van der Waals surface area contributed by atoms with Crippen LogP contribution >= 0.6 is 22.9 Å². The van der Waals surface area contributed by atoms with Gasteiger partial charge in [0.2, 0.25) is 5.88 Å². The highest BCUT2D eigenvalue weighted by atomic mass is 35.5. The maximum Gasteiger partial charge on any atom is 0.333 e. The summed E-state index contributed by atoms with van der Waals surface area (Å²) in [6.45, 7) is 1.42. The number of aromatic nitrogens is 5. The smallest absolute Gasteiger partial charge is 0.333 e. The van der Waals surface area contributed by atoms with Crippen molar-refractivity contribution in [2.45, 2.75) is 13.0 Å². The largest absolute Gasteiger partial charge is 0.477 e. The molecule has 0 saturated carbocycles. The molecule has 0 atom stereocenters. The fourth-order valence-corrected chi connectivity index (χ4v) is 6.33. The number of rotatable bonds is 3. The maximum atomic E-state index is 13.7. The quantitative estimate of drug-likeness (QED) is 0.339. The van der Waals surface area contributed by atoms with E-state index in [-0.39, 0.29) is 0 Å². The number of fused-ring (bicyclic) bond motifs is 3. The van der Waals surface area contributed by atoms with Gasteiger partial charge in [0.1, 0.15) is 4.70 Å². The zero-order valence-electron chi connectivity index (χ0n) is 19.3. The van der Waals surface area contributed by atoms with Crippen LogP contribution in [0, 0.1) is 0 Å². The van der Waals surface area contributed by atoms with Crippen molar-refractivity contribution in [1.82, 2.24) is 24.3 Å². The van der Waals surface area contributed by atoms with Crippen molar-refractivity contribution in [2.24, 2.45) is 0 Å². The summed E-state index contributed by atoms with van der Waals surface area (Å²) in [5.74, 6) is 0.704. The molecule has 2 aromatic carbocycles. The van der Waals surface area contributed by atoms with Crippen molar-refractivity contribution in [3.8, 4) is 33.1 Å². The first kappa shape index (κ1) is 22.0. The number of H-pyrrole nitrogens is 1. The van der Waals surface area contributed by atoms with Crippen LogP contribution in [0.4, 0.5) is 0 Å². The first-order valence-corrected chi connectivity index (χ1v) is 12.9. The van der Waals surface area contributed by atoms with Gasteiger partial charge in [0.15, 0.2) is 0 Å². The summed E-state index contributed by atoms with van der Waals surface area (Å²) in [6, 6.07) is 15.0. The first-order valence-electron chi connectivity index (χ1n) is 11.7. The van der Waals surface area contributed by atoms with Gasteiger partial charge in [-0.15, -0.1) is 11.3 Å². The van der Waals surface area contributed by atoms with Gasteiger partial charge in [0, 0.05) is 45.4 Å². The van der Waals surface area contributed by atoms with Crippen LogP contribution in [0.15, 0.2) is 76.7 Å². The number of hydrogen-bond donors (Lipinski definition) is 1. The molecular formula is C27H18ClN5O3S. The first-order chi connectivity index (χ1) is 18.1. The third kappa shape index (κ3) is 3.42. The summed E-state index contributed by atoms with van der Waals surface area (Å²) < 4.78 is 9.34. The Kier molecular flexibility index (Phi) is 5.02. The monoisotopic (exact) mass is 527 g/mol. The third-order valence-electron chi connectivity index (χ3n) is 6.56. The Bertz CT molecular complexity index is 1960. The van der Waals surface area contributed by atoms with Crippen molar-refractivity contribution in [2.75, 3.05) is 6.61 Å². The summed E-state index contributed by atoms with van der Waals surface area (Å²) in [7, 11) is 0. The van der Waals surface area contributed by atoms with Gasteiger partial charge < -0.3 is 9.72 Å². The lowest BCUT2D eigenvalue weighted by atomic mass is 10.0. The van der Waals surface area contributed by atoms with Crippen molar-refractivity contribution >= 4 is 43.9 Å². The van der Waals surface area contributed by atoms with E-state index < -0.39 is 11.2 Å². The van der Waals surface area contributed by atoms with Gasteiger partial charge >= 0.3 is 5.69 Å². The Labute approximate surface area is 218 Å². The molecule has 1 aliphatic heterocycles. The zero-order chi connectivity index (χ0) is 25.1. The number of halogens is 1. The Morgan fingerprint density at radius 3 is 2.84 bits per heavy atom. The summed E-state index contributed by atoms with van der Waals surface area (Å²) >= 11 is 8.02. The van der Waals surface area contributed by atoms with E-state index in [1.807, 2.05) is 47.1 Å². The number of ether oxygens (including phenoxy) is 1. The molecule has 7 rings (SSSR count). The lowest BCUT2D eigenvalue weighted by Gasteiger charge is -2.17. The second-order valence-electron chi connectivity index (χ2n) is 8.75. The van der Waals surface area contributed by atoms with Gasteiger partial charge in [-0.05, 0) is 17.7 Å². The summed E-state index contributed by atoms with van der Waals surface area (Å²) in [4.78, 5) is 34.7. The van der Waals surface area contributed by atoms with E-state index >= 15 is 0 Å². The van der Waals surface area contributed by atoms with Crippen LogP contribution < -0.4 is 16.0 Å². The molecule has 0 bridgehead atoms. The molecule has 1 aliphatic rings. The number of nitrogens with one attached hydrogen (secondary N) is 1. The van der Waals surface area contributed by atoms with E-state index in [1.54, 1.807) is 18.5 Å². The maximum absolute atomic E-state index is 13.7. The SMILES string of the molecule is O=c1[nH]c2cc(-c3c(Cl)cccc3-c3cnn4c3OCCC4)sc2c(=O)n1-c1cncc2ccccc12. The molecule has 0 spiro atoms. The van der Waals surface area contributed by atoms with Gasteiger partial charge in [-0.1, -0.05) is 48.0 Å². The zero-order valence-corrected chi connectivity index (χ0v) is 20.8. The van der Waals surface area contributed by atoms with E-state index in [2.05, 4.69) is 15.1 Å². The number of nitrogens with zero attached hydrogens (tertiary/aromatic N) is 4. The second-order valence-corrected chi connectivity index (χ2v) is 10.2. The summed E-state index contributed by atoms with van der Waals surface area (Å²) in [6.07, 6.45) is 5.93. The van der Waals surface area contributed by atoms with Crippen LogP contribution in [-0.4, -0.2) is 30.9 Å². The van der Waals surface area contributed by atoms with Crippen LogP contribution in [0.25, 0.3) is 48.2 Å². The molecule has 8 nitrogen and oxygen atoms in total. The van der Waals surface area contributed by atoms with Gasteiger partial charge in [0.05, 0.1) is 35.8 Å². The highest BCUT2D eigenvalue weighted by Crippen LogP contribution is 2.44. The minimum absolute atomic E-state index is 0.409. The lowest BCUT2D eigenvalue weighted by Crippen LogP contribution is -2.33. The molecule has 182 valence electrons. The van der Waals surface area contributed by atoms with E-state index in [0.717, 1.165) is 49.9 Å². The second kappa shape index (κ2) is 8.43. The Balaban J connectivity index is 1.45. The molecule has 0 unspecified atom stereocenters. The van der Waals surface area contributed by atoms with E-state index in [1.165, 1.54) is 17.5 Å². The average molecular weight is 528 g/mol. The van der Waals surface area contributed by atoms with E-state index in [4.69, 9.17) is 16.3 Å². The van der Waals surface area contributed by atoms with Gasteiger partial charge in [0.25, 0.3) is 5.56 Å². The van der Waals surface area contributed by atoms with Crippen LogP contribution in [0.5, 0.6) is 5.88 Å². The van der Waals surface area contributed by atoms with E-state index in [0.29, 0.717) is 33.4 Å². The Hall–Kier alpha value is -4.21. The van der Waals surface area contributed by atoms with Crippen LogP contribution in [0.1, 0.15) is 6.42 Å². The summed E-state index contributed by atoms with van der Waals surface area (Å²) in [5, 5.41) is 6.61. The van der Waals surface area contributed by atoms with Crippen molar-refractivity contribution in [1.29, 1.82) is 0 Å². The van der Waals surface area contributed by atoms with Crippen molar-refractivity contribution in [3.63, 3.8) is 0 Å². The van der Waals surface area contributed by atoms with Crippen molar-refractivity contribution < 1.29 is 4.74 Å². The minimum atomic E-state index is -0.529. The molecular weight excluding hydrogens is 510 g/mol. The Morgan fingerprint density at radius 1 is 1.03 bits per heavy atom. The van der Waals surface area contributed by atoms with Gasteiger partial charge in [-0.25, -0.2) is 14.0 Å². The molecule has 6 aromatic rings. The normalized spacial score (nSPS) is 13.1. The van der Waals surface area contributed by atoms with Crippen molar-refractivity contribution in [3.05, 3.63) is 93.0 Å². The highest BCUT2D eigenvalue weighted by Gasteiger charge is 2.23. The molecule has 1 N–H and O–H groups in total. The topological polar surface area (TPSA) is 94.8 Å². The molecule has 0 saturated heterocycles. The van der Waals surface area contributed by atoms with Crippen LogP contribution in [0.3, 0.4) is 0 Å². The number of pyridine rings is 1. The summed E-state index contributed by atoms with van der Waals surface area (Å²) in [5.41, 5.74) is 2.40. The third-order valence-corrected chi connectivity index (χ3v) is 8.01. The standard InChI is InChI=1S/C27H18ClN5O3S/c28-19-8-3-7-17(18-13-30-32-9-4-10-36-26(18)32)23(19)22-11-20-24(37-22)25(34)33(27(35)31-20)21-14-29-12-15-5-1-2-6-16(15)21/h1-3,5-8,11-14H,4,9-10H2,(H,31,35). The molecule has 0 aliphatic carbocycles.